The maximum absolute atomic E-state index is 11.9. The first kappa shape index (κ1) is 16.6. The summed E-state index contributed by atoms with van der Waals surface area (Å²) in [7, 11) is 0. The van der Waals surface area contributed by atoms with E-state index in [2.05, 4.69) is 10.2 Å². The van der Waals surface area contributed by atoms with E-state index in [1.165, 1.54) is 6.92 Å². The molecule has 2 rings (SSSR count). The van der Waals surface area contributed by atoms with Gasteiger partial charge in [-0.1, -0.05) is 18.5 Å². The molecule has 1 aliphatic rings. The van der Waals surface area contributed by atoms with Crippen LogP contribution in [0.3, 0.4) is 0 Å². The molecular weight excluding hydrogens is 302 g/mol. The molecule has 5 nitrogen and oxygen atoms in total. The molecule has 22 heavy (non-hydrogen) atoms. The maximum Gasteiger partial charge on any atom is 0.222 e. The fourth-order valence-electron chi connectivity index (χ4n) is 2.64. The number of anilines is 2. The van der Waals surface area contributed by atoms with Crippen LogP contribution in [0, 0.1) is 0 Å². The summed E-state index contributed by atoms with van der Waals surface area (Å²) in [6, 6.07) is 5.49. The van der Waals surface area contributed by atoms with Crippen LogP contribution < -0.4 is 10.2 Å². The van der Waals surface area contributed by atoms with Crippen LogP contribution in [0.1, 0.15) is 26.7 Å². The Morgan fingerprint density at radius 2 is 1.91 bits per heavy atom. The summed E-state index contributed by atoms with van der Waals surface area (Å²) in [5.74, 6) is 0.0978. The largest absolute Gasteiger partial charge is 0.366 e. The predicted octanol–water partition coefficient (Wildman–Crippen LogP) is 2.75. The number of nitrogens with zero attached hydrogens (tertiary/aromatic N) is 2. The number of amides is 2. The Labute approximate surface area is 136 Å². The molecule has 1 aromatic rings. The Morgan fingerprint density at radius 1 is 1.23 bits per heavy atom. The number of benzene rings is 1. The Bertz CT molecular complexity index is 554. The highest BCUT2D eigenvalue weighted by Crippen LogP contribution is 2.30. The molecule has 0 saturated carbocycles. The Morgan fingerprint density at radius 3 is 2.50 bits per heavy atom. The number of hydrogen-bond acceptors (Lipinski definition) is 3. The molecule has 120 valence electrons. The van der Waals surface area contributed by atoms with Gasteiger partial charge in [0.25, 0.3) is 0 Å². The van der Waals surface area contributed by atoms with Crippen LogP contribution in [-0.2, 0) is 9.59 Å². The molecule has 1 aromatic carbocycles. The average molecular weight is 324 g/mol. The van der Waals surface area contributed by atoms with Gasteiger partial charge in [0.1, 0.15) is 0 Å². The van der Waals surface area contributed by atoms with E-state index in [1.807, 2.05) is 24.0 Å². The van der Waals surface area contributed by atoms with E-state index in [0.29, 0.717) is 30.2 Å². The molecule has 1 N–H and O–H groups in total. The third-order valence-corrected chi connectivity index (χ3v) is 3.94. The maximum atomic E-state index is 11.9. The Balaban J connectivity index is 2.07. The van der Waals surface area contributed by atoms with Gasteiger partial charge in [-0.15, -0.1) is 0 Å². The monoisotopic (exact) mass is 323 g/mol. The van der Waals surface area contributed by atoms with Gasteiger partial charge in [0.15, 0.2) is 0 Å². The second kappa shape index (κ2) is 7.49. The molecule has 2 amide bonds. The Kier molecular flexibility index (Phi) is 5.66. The summed E-state index contributed by atoms with van der Waals surface area (Å²) in [6.07, 6.45) is 1.49. The van der Waals surface area contributed by atoms with Crippen molar-refractivity contribution in [3.8, 4) is 0 Å². The van der Waals surface area contributed by atoms with Crippen molar-refractivity contribution in [3.63, 3.8) is 0 Å². The number of carbonyl (C=O) groups is 2. The zero-order valence-corrected chi connectivity index (χ0v) is 13.8. The summed E-state index contributed by atoms with van der Waals surface area (Å²) in [6.45, 7) is 6.42. The number of rotatable bonds is 4. The minimum atomic E-state index is -0.125. The summed E-state index contributed by atoms with van der Waals surface area (Å²) >= 11 is 6.02. The summed E-state index contributed by atoms with van der Waals surface area (Å²) in [5, 5.41) is 3.41. The summed E-state index contributed by atoms with van der Waals surface area (Å²) in [4.78, 5) is 27.4. The first-order chi connectivity index (χ1) is 10.5. The molecule has 1 heterocycles. The van der Waals surface area contributed by atoms with Gasteiger partial charge in [0.05, 0.1) is 11.4 Å². The second-order valence-electron chi connectivity index (χ2n) is 5.46. The second-order valence-corrected chi connectivity index (χ2v) is 5.90. The van der Waals surface area contributed by atoms with Crippen molar-refractivity contribution in [2.45, 2.75) is 26.7 Å². The molecule has 0 radical (unpaired) electrons. The first-order valence-corrected chi connectivity index (χ1v) is 7.99. The third-order valence-electron chi connectivity index (χ3n) is 3.71. The van der Waals surface area contributed by atoms with E-state index in [-0.39, 0.29) is 11.8 Å². The highest BCUT2D eigenvalue weighted by atomic mass is 35.5. The zero-order valence-electron chi connectivity index (χ0n) is 13.1. The van der Waals surface area contributed by atoms with Crippen molar-refractivity contribution in [1.82, 2.24) is 4.90 Å². The predicted molar refractivity (Wildman–Crippen MR) is 89.5 cm³/mol. The topological polar surface area (TPSA) is 52.7 Å². The van der Waals surface area contributed by atoms with Crippen LogP contribution >= 0.6 is 11.6 Å². The van der Waals surface area contributed by atoms with Crippen LogP contribution in [0.5, 0.6) is 0 Å². The van der Waals surface area contributed by atoms with Crippen LogP contribution in [0.15, 0.2) is 18.2 Å². The SMILES string of the molecule is CCCC(=O)N1CCN(c2ccc(Cl)cc2NC(C)=O)CC1. The molecule has 0 unspecified atom stereocenters. The van der Waals surface area contributed by atoms with Crippen LogP contribution in [-0.4, -0.2) is 42.9 Å². The van der Waals surface area contributed by atoms with Gasteiger partial charge in [-0.3, -0.25) is 9.59 Å². The lowest BCUT2D eigenvalue weighted by Crippen LogP contribution is -2.48. The highest BCUT2D eigenvalue weighted by Gasteiger charge is 2.22. The van der Waals surface area contributed by atoms with Crippen LogP contribution in [0.2, 0.25) is 5.02 Å². The minimum absolute atomic E-state index is 0.125. The number of carbonyl (C=O) groups excluding carboxylic acids is 2. The number of hydrogen-bond donors (Lipinski definition) is 1. The van der Waals surface area contributed by atoms with E-state index in [1.54, 1.807) is 6.07 Å². The molecule has 6 heteroatoms. The van der Waals surface area contributed by atoms with Gasteiger partial charge in [-0.25, -0.2) is 0 Å². The number of nitrogens with one attached hydrogen (secondary N) is 1. The smallest absolute Gasteiger partial charge is 0.222 e. The van der Waals surface area contributed by atoms with Gasteiger partial charge >= 0.3 is 0 Å². The van der Waals surface area contributed by atoms with Crippen molar-refractivity contribution >= 4 is 34.8 Å². The molecule has 0 bridgehead atoms. The Hall–Kier alpha value is -1.75. The van der Waals surface area contributed by atoms with Crippen molar-refractivity contribution < 1.29 is 9.59 Å². The van der Waals surface area contributed by atoms with Crippen molar-refractivity contribution in [2.75, 3.05) is 36.4 Å². The summed E-state index contributed by atoms with van der Waals surface area (Å²) < 4.78 is 0. The first-order valence-electron chi connectivity index (χ1n) is 7.61. The van der Waals surface area contributed by atoms with E-state index >= 15 is 0 Å². The van der Waals surface area contributed by atoms with Gasteiger partial charge < -0.3 is 15.1 Å². The van der Waals surface area contributed by atoms with Crippen LogP contribution in [0.4, 0.5) is 11.4 Å². The zero-order chi connectivity index (χ0) is 16.1. The molecule has 0 aliphatic carbocycles. The van der Waals surface area contributed by atoms with Gasteiger partial charge in [0, 0.05) is 44.5 Å². The molecular formula is C16H22ClN3O2. The van der Waals surface area contributed by atoms with E-state index < -0.39 is 0 Å². The van der Waals surface area contributed by atoms with Crippen molar-refractivity contribution in [2.24, 2.45) is 0 Å². The molecule has 1 fully saturated rings. The fraction of sp³-hybridized carbons (Fsp3) is 0.500. The van der Waals surface area contributed by atoms with Crippen molar-refractivity contribution in [1.29, 1.82) is 0 Å². The highest BCUT2D eigenvalue weighted by molar-refractivity contribution is 6.31. The molecule has 1 aliphatic heterocycles. The fourth-order valence-corrected chi connectivity index (χ4v) is 2.81. The van der Waals surface area contributed by atoms with E-state index in [9.17, 15) is 9.59 Å². The average Bonchev–Trinajstić information content (AvgIpc) is 2.47. The van der Waals surface area contributed by atoms with E-state index in [0.717, 1.165) is 25.2 Å². The lowest BCUT2D eigenvalue weighted by atomic mass is 10.2. The lowest BCUT2D eigenvalue weighted by Gasteiger charge is -2.37. The molecule has 0 spiro atoms. The molecule has 0 atom stereocenters. The van der Waals surface area contributed by atoms with Crippen LogP contribution in [0.25, 0.3) is 0 Å². The lowest BCUT2D eigenvalue weighted by molar-refractivity contribution is -0.131. The van der Waals surface area contributed by atoms with Crippen molar-refractivity contribution in [3.05, 3.63) is 23.2 Å². The summed E-state index contributed by atoms with van der Waals surface area (Å²) in [5.41, 5.74) is 1.66. The molecule has 0 aromatic heterocycles. The third kappa shape index (κ3) is 4.13. The minimum Gasteiger partial charge on any atom is -0.366 e. The molecule has 1 saturated heterocycles. The quantitative estimate of drug-likeness (QED) is 0.927. The number of halogens is 1. The van der Waals surface area contributed by atoms with Gasteiger partial charge in [-0.2, -0.15) is 0 Å². The standard InChI is InChI=1S/C16H22ClN3O2/c1-3-4-16(22)20-9-7-19(8-10-20)15-6-5-13(17)11-14(15)18-12(2)21/h5-6,11H,3-4,7-10H2,1-2H3,(H,18,21). The van der Waals surface area contributed by atoms with Gasteiger partial charge in [0.2, 0.25) is 11.8 Å². The number of piperazine rings is 1. The van der Waals surface area contributed by atoms with Gasteiger partial charge in [-0.05, 0) is 24.6 Å². The normalized spacial score (nSPS) is 14.9. The van der Waals surface area contributed by atoms with E-state index in [4.69, 9.17) is 11.6 Å².